The molecule has 0 radical (unpaired) electrons. The normalized spacial score (nSPS) is 15.6. The van der Waals surface area contributed by atoms with Crippen LogP contribution in [0.2, 0.25) is 0 Å². The number of hydrogen-bond acceptors (Lipinski definition) is 6. The summed E-state index contributed by atoms with van der Waals surface area (Å²) in [5.74, 6) is 0.116. The number of urea groups is 1. The van der Waals surface area contributed by atoms with Crippen LogP contribution in [-0.2, 0) is 4.79 Å². The van der Waals surface area contributed by atoms with Gasteiger partial charge < -0.3 is 14.7 Å². The third kappa shape index (κ3) is 2.86. The number of rotatable bonds is 4. The first kappa shape index (κ1) is 15.7. The lowest BCUT2D eigenvalue weighted by molar-refractivity contribution is -0.126. The first-order valence-electron chi connectivity index (χ1n) is 7.79. The average molecular weight is 357 g/mol. The van der Waals surface area contributed by atoms with E-state index in [-0.39, 0.29) is 11.9 Å². The van der Waals surface area contributed by atoms with E-state index in [0.717, 1.165) is 28.2 Å². The number of imide groups is 1. The highest BCUT2D eigenvalue weighted by atomic mass is 32.2. The maximum absolute atomic E-state index is 12.3. The van der Waals surface area contributed by atoms with Crippen LogP contribution in [0.3, 0.4) is 0 Å². The molecule has 1 fully saturated rings. The summed E-state index contributed by atoms with van der Waals surface area (Å²) in [7, 11) is 0. The van der Waals surface area contributed by atoms with Crippen molar-refractivity contribution in [1.82, 2.24) is 25.4 Å². The van der Waals surface area contributed by atoms with E-state index in [1.807, 2.05) is 30.5 Å². The zero-order chi connectivity index (χ0) is 17.4. The van der Waals surface area contributed by atoms with E-state index in [2.05, 4.69) is 20.5 Å². The van der Waals surface area contributed by atoms with E-state index >= 15 is 0 Å². The molecule has 1 aromatic carbocycles. The van der Waals surface area contributed by atoms with Crippen LogP contribution in [0, 0.1) is 0 Å². The van der Waals surface area contributed by atoms with Crippen molar-refractivity contribution in [3.63, 3.8) is 0 Å². The van der Waals surface area contributed by atoms with Gasteiger partial charge in [0.25, 0.3) is 11.1 Å². The zero-order valence-electron chi connectivity index (χ0n) is 13.4. The van der Waals surface area contributed by atoms with Gasteiger partial charge in [0.05, 0.1) is 10.8 Å². The summed E-state index contributed by atoms with van der Waals surface area (Å²) in [5, 5.41) is 11.5. The van der Waals surface area contributed by atoms with Gasteiger partial charge in [-0.2, -0.15) is 0 Å². The summed E-state index contributed by atoms with van der Waals surface area (Å²) in [6.45, 7) is 2.58. The largest absolute Gasteiger partial charge is 0.411 e. The van der Waals surface area contributed by atoms with Crippen LogP contribution in [0.25, 0.3) is 22.4 Å². The Hall–Kier alpha value is -2.81. The Morgan fingerprint density at radius 1 is 1.36 bits per heavy atom. The molecule has 1 saturated heterocycles. The van der Waals surface area contributed by atoms with Gasteiger partial charge in [-0.25, -0.2) is 4.79 Å². The summed E-state index contributed by atoms with van der Waals surface area (Å²) in [6, 6.07) is 7.46. The Morgan fingerprint density at radius 3 is 3.00 bits per heavy atom. The molecule has 0 aliphatic carbocycles. The Kier molecular flexibility index (Phi) is 3.92. The Labute approximate surface area is 147 Å². The molecule has 2 aromatic heterocycles. The van der Waals surface area contributed by atoms with Crippen molar-refractivity contribution >= 4 is 34.6 Å². The highest BCUT2D eigenvalue weighted by Gasteiger charge is 2.31. The van der Waals surface area contributed by atoms with Crippen LogP contribution in [-0.4, -0.2) is 50.4 Å². The minimum Gasteiger partial charge on any atom is -0.411 e. The molecule has 1 atom stereocenters. The molecule has 25 heavy (non-hydrogen) atoms. The van der Waals surface area contributed by atoms with Crippen LogP contribution in [0.5, 0.6) is 0 Å². The smallest absolute Gasteiger partial charge is 0.324 e. The number of amides is 3. The molecule has 3 aromatic rings. The number of fused-ring (bicyclic) bond motifs is 1. The van der Waals surface area contributed by atoms with E-state index in [1.165, 1.54) is 4.90 Å². The standard InChI is InChI=1S/C16H15N5O3S/c1-9(14(22)21-7-6-17-15(21)23)25-16-20-19-13(24-16)11-8-18-12-5-3-2-4-10(11)12/h2-5,8-9,18H,6-7H2,1H3,(H,17,23). The van der Waals surface area contributed by atoms with Gasteiger partial charge in [-0.3, -0.25) is 9.69 Å². The number of thioether (sulfide) groups is 1. The molecule has 0 spiro atoms. The second kappa shape index (κ2) is 6.25. The number of nitrogens with zero attached hydrogens (tertiary/aromatic N) is 3. The SMILES string of the molecule is CC(Sc1nnc(-c2c[nH]c3ccccc23)o1)C(=O)N1CCNC1=O. The maximum Gasteiger partial charge on any atom is 0.324 e. The van der Waals surface area contributed by atoms with Crippen molar-refractivity contribution in [2.45, 2.75) is 17.4 Å². The lowest BCUT2D eigenvalue weighted by Crippen LogP contribution is -2.38. The number of aromatic nitrogens is 3. The molecule has 8 nitrogen and oxygen atoms in total. The molecule has 9 heteroatoms. The Bertz CT molecular complexity index is 950. The molecule has 1 unspecified atom stereocenters. The quantitative estimate of drug-likeness (QED) is 0.694. The van der Waals surface area contributed by atoms with E-state index in [1.54, 1.807) is 6.92 Å². The number of nitrogens with one attached hydrogen (secondary N) is 2. The predicted molar refractivity (Wildman–Crippen MR) is 92.0 cm³/mol. The average Bonchev–Trinajstić information content (AvgIpc) is 3.33. The molecule has 2 N–H and O–H groups in total. The van der Waals surface area contributed by atoms with Gasteiger partial charge in [0.15, 0.2) is 0 Å². The van der Waals surface area contributed by atoms with Crippen LogP contribution in [0.4, 0.5) is 4.79 Å². The summed E-state index contributed by atoms with van der Waals surface area (Å²) in [5.41, 5.74) is 1.79. The zero-order valence-corrected chi connectivity index (χ0v) is 14.2. The third-order valence-electron chi connectivity index (χ3n) is 3.97. The number of aromatic amines is 1. The summed E-state index contributed by atoms with van der Waals surface area (Å²) < 4.78 is 5.70. The number of carbonyl (C=O) groups is 2. The van der Waals surface area contributed by atoms with Gasteiger partial charge in [-0.15, -0.1) is 10.2 Å². The fourth-order valence-corrected chi connectivity index (χ4v) is 3.46. The van der Waals surface area contributed by atoms with E-state index < -0.39 is 5.25 Å². The molecule has 0 bridgehead atoms. The molecule has 1 aliphatic rings. The van der Waals surface area contributed by atoms with Crippen LogP contribution < -0.4 is 5.32 Å². The van der Waals surface area contributed by atoms with Gasteiger partial charge in [0.1, 0.15) is 0 Å². The van der Waals surface area contributed by atoms with Crippen LogP contribution in [0.15, 0.2) is 40.1 Å². The Balaban J connectivity index is 1.51. The van der Waals surface area contributed by atoms with Gasteiger partial charge in [-0.1, -0.05) is 30.0 Å². The molecular formula is C16H15N5O3S. The Morgan fingerprint density at radius 2 is 2.20 bits per heavy atom. The number of para-hydroxylation sites is 1. The highest BCUT2D eigenvalue weighted by Crippen LogP contribution is 2.31. The fraction of sp³-hybridized carbons (Fsp3) is 0.250. The van der Waals surface area contributed by atoms with Crippen LogP contribution >= 0.6 is 11.8 Å². The molecular weight excluding hydrogens is 342 g/mol. The molecule has 1 aliphatic heterocycles. The molecule has 3 heterocycles. The minimum absolute atomic E-state index is 0.271. The van der Waals surface area contributed by atoms with Crippen molar-refractivity contribution in [3.05, 3.63) is 30.5 Å². The molecule has 128 valence electrons. The van der Waals surface area contributed by atoms with Crippen molar-refractivity contribution in [2.24, 2.45) is 0 Å². The predicted octanol–water partition coefficient (Wildman–Crippen LogP) is 2.25. The van der Waals surface area contributed by atoms with Crippen molar-refractivity contribution in [1.29, 1.82) is 0 Å². The third-order valence-corrected chi connectivity index (χ3v) is 4.90. The van der Waals surface area contributed by atoms with E-state index in [4.69, 9.17) is 4.42 Å². The van der Waals surface area contributed by atoms with Gasteiger partial charge >= 0.3 is 6.03 Å². The molecule has 0 saturated carbocycles. The second-order valence-corrected chi connectivity index (χ2v) is 6.89. The van der Waals surface area contributed by atoms with Gasteiger partial charge in [-0.05, 0) is 13.0 Å². The first-order chi connectivity index (χ1) is 12.1. The minimum atomic E-state index is -0.500. The van der Waals surface area contributed by atoms with Crippen molar-refractivity contribution < 1.29 is 14.0 Å². The van der Waals surface area contributed by atoms with Crippen molar-refractivity contribution in [3.8, 4) is 11.5 Å². The van der Waals surface area contributed by atoms with Gasteiger partial charge in [0.2, 0.25) is 5.91 Å². The summed E-state index contributed by atoms with van der Waals surface area (Å²) >= 11 is 1.14. The number of carbonyl (C=O) groups excluding carboxylic acids is 2. The van der Waals surface area contributed by atoms with Crippen molar-refractivity contribution in [2.75, 3.05) is 13.1 Å². The van der Waals surface area contributed by atoms with E-state index in [0.29, 0.717) is 24.2 Å². The van der Waals surface area contributed by atoms with Crippen LogP contribution in [0.1, 0.15) is 6.92 Å². The highest BCUT2D eigenvalue weighted by molar-refractivity contribution is 8.00. The lowest BCUT2D eigenvalue weighted by atomic mass is 10.2. The van der Waals surface area contributed by atoms with Gasteiger partial charge in [0, 0.05) is 30.2 Å². The number of hydrogen-bond donors (Lipinski definition) is 2. The lowest BCUT2D eigenvalue weighted by Gasteiger charge is -2.15. The maximum atomic E-state index is 12.3. The summed E-state index contributed by atoms with van der Waals surface area (Å²) in [6.07, 6.45) is 1.82. The van der Waals surface area contributed by atoms with E-state index in [9.17, 15) is 9.59 Å². The number of H-pyrrole nitrogens is 1. The summed E-state index contributed by atoms with van der Waals surface area (Å²) in [4.78, 5) is 28.3. The monoisotopic (exact) mass is 357 g/mol. The molecule has 4 rings (SSSR count). The number of benzene rings is 1. The fourth-order valence-electron chi connectivity index (χ4n) is 2.72. The topological polar surface area (TPSA) is 104 Å². The second-order valence-electron chi connectivity index (χ2n) is 5.60. The molecule has 3 amide bonds. The first-order valence-corrected chi connectivity index (χ1v) is 8.67.